The zero-order chi connectivity index (χ0) is 19.6. The number of aromatic nitrogens is 1. The lowest BCUT2D eigenvalue weighted by atomic mass is 10.1. The predicted octanol–water partition coefficient (Wildman–Crippen LogP) is 3.61. The lowest BCUT2D eigenvalue weighted by Gasteiger charge is -2.33. The van der Waals surface area contributed by atoms with Crippen molar-refractivity contribution in [2.45, 2.75) is 11.4 Å². The van der Waals surface area contributed by atoms with Crippen LogP contribution in [0.4, 0.5) is 0 Å². The summed E-state index contributed by atoms with van der Waals surface area (Å²) in [7, 11) is -3.46. The largest absolute Gasteiger partial charge is 0.359 e. The summed E-state index contributed by atoms with van der Waals surface area (Å²) >= 11 is 3.34. The van der Waals surface area contributed by atoms with Crippen molar-refractivity contribution >= 4 is 26.0 Å². The van der Waals surface area contributed by atoms with Gasteiger partial charge in [0.2, 0.25) is 10.0 Å². The van der Waals surface area contributed by atoms with Crippen LogP contribution in [0.3, 0.4) is 0 Å². The summed E-state index contributed by atoms with van der Waals surface area (Å²) in [5.41, 5.74) is 1.83. The van der Waals surface area contributed by atoms with E-state index in [0.29, 0.717) is 37.6 Å². The lowest BCUT2D eigenvalue weighted by molar-refractivity contribution is 0.166. The molecule has 2 aromatic carbocycles. The molecule has 4 rings (SSSR count). The Morgan fingerprint density at radius 3 is 2.32 bits per heavy atom. The molecule has 0 saturated carbocycles. The maximum Gasteiger partial charge on any atom is 0.243 e. The molecule has 8 heteroatoms. The number of halogens is 1. The molecule has 0 aliphatic carbocycles. The van der Waals surface area contributed by atoms with Crippen molar-refractivity contribution in [1.82, 2.24) is 14.4 Å². The molecule has 1 fully saturated rings. The summed E-state index contributed by atoms with van der Waals surface area (Å²) in [5, 5.41) is 4.14. The van der Waals surface area contributed by atoms with E-state index in [1.54, 1.807) is 28.6 Å². The number of sulfonamides is 1. The van der Waals surface area contributed by atoms with Gasteiger partial charge in [0.15, 0.2) is 5.76 Å². The first-order valence-corrected chi connectivity index (χ1v) is 11.2. The van der Waals surface area contributed by atoms with E-state index in [1.165, 1.54) is 0 Å². The number of nitrogens with zero attached hydrogens (tertiary/aromatic N) is 3. The topological polar surface area (TPSA) is 66.7 Å². The second kappa shape index (κ2) is 8.16. The smallest absolute Gasteiger partial charge is 0.243 e. The molecule has 1 aliphatic heterocycles. The minimum absolute atomic E-state index is 0.326. The molecule has 0 amide bonds. The van der Waals surface area contributed by atoms with Gasteiger partial charge in [-0.05, 0) is 24.3 Å². The van der Waals surface area contributed by atoms with Crippen molar-refractivity contribution in [2.24, 2.45) is 0 Å². The zero-order valence-electron chi connectivity index (χ0n) is 15.2. The van der Waals surface area contributed by atoms with Gasteiger partial charge in [0, 0.05) is 42.3 Å². The van der Waals surface area contributed by atoms with E-state index in [2.05, 4.69) is 26.0 Å². The molecule has 1 saturated heterocycles. The molecule has 0 N–H and O–H groups in total. The lowest BCUT2D eigenvalue weighted by Crippen LogP contribution is -2.48. The first kappa shape index (κ1) is 19.3. The summed E-state index contributed by atoms with van der Waals surface area (Å²) in [6, 6.07) is 18.6. The number of benzene rings is 2. The molecule has 3 aromatic rings. The molecule has 6 nitrogen and oxygen atoms in total. The van der Waals surface area contributed by atoms with Crippen molar-refractivity contribution in [3.05, 3.63) is 70.9 Å². The highest BCUT2D eigenvalue weighted by Crippen LogP contribution is 2.22. The van der Waals surface area contributed by atoms with Crippen molar-refractivity contribution in [3.8, 4) is 11.3 Å². The average molecular weight is 462 g/mol. The van der Waals surface area contributed by atoms with Crippen LogP contribution < -0.4 is 0 Å². The monoisotopic (exact) mass is 461 g/mol. The highest BCUT2D eigenvalue weighted by Gasteiger charge is 2.28. The van der Waals surface area contributed by atoms with E-state index < -0.39 is 10.0 Å². The van der Waals surface area contributed by atoms with Crippen LogP contribution in [0.15, 0.2) is 74.6 Å². The van der Waals surface area contributed by atoms with E-state index in [0.717, 1.165) is 21.5 Å². The number of rotatable bonds is 5. The van der Waals surface area contributed by atoms with Gasteiger partial charge >= 0.3 is 0 Å². The minimum atomic E-state index is -3.46. The highest BCUT2D eigenvalue weighted by molar-refractivity contribution is 9.10. The van der Waals surface area contributed by atoms with Gasteiger partial charge in [-0.15, -0.1) is 0 Å². The molecule has 0 bridgehead atoms. The average Bonchev–Trinajstić information content (AvgIpc) is 3.18. The third kappa shape index (κ3) is 4.20. The number of hydrogen-bond donors (Lipinski definition) is 0. The number of hydrogen-bond acceptors (Lipinski definition) is 5. The van der Waals surface area contributed by atoms with E-state index in [4.69, 9.17) is 4.52 Å². The van der Waals surface area contributed by atoms with Gasteiger partial charge in [-0.25, -0.2) is 8.42 Å². The molecule has 0 radical (unpaired) electrons. The van der Waals surface area contributed by atoms with Gasteiger partial charge in [-0.2, -0.15) is 4.31 Å². The minimum Gasteiger partial charge on any atom is -0.359 e. The van der Waals surface area contributed by atoms with Crippen molar-refractivity contribution in [1.29, 1.82) is 0 Å². The van der Waals surface area contributed by atoms with Gasteiger partial charge in [-0.1, -0.05) is 51.4 Å². The maximum absolute atomic E-state index is 12.8. The first-order valence-electron chi connectivity index (χ1n) is 9.01. The van der Waals surface area contributed by atoms with E-state index in [1.807, 2.05) is 36.4 Å². The third-order valence-electron chi connectivity index (χ3n) is 4.79. The predicted molar refractivity (Wildman–Crippen MR) is 110 cm³/mol. The SMILES string of the molecule is O=S(=O)(c1ccc(Br)cc1)N1CCN(Cc2cc(-c3ccccc3)no2)CC1. The fraction of sp³-hybridized carbons (Fsp3) is 0.250. The van der Waals surface area contributed by atoms with Crippen LogP contribution >= 0.6 is 15.9 Å². The van der Waals surface area contributed by atoms with Gasteiger partial charge < -0.3 is 4.52 Å². The summed E-state index contributed by atoms with van der Waals surface area (Å²) < 4.78 is 33.4. The summed E-state index contributed by atoms with van der Waals surface area (Å²) in [4.78, 5) is 2.51. The van der Waals surface area contributed by atoms with Crippen LogP contribution in [0, 0.1) is 0 Å². The quantitative estimate of drug-likeness (QED) is 0.580. The fourth-order valence-electron chi connectivity index (χ4n) is 3.24. The van der Waals surface area contributed by atoms with Gasteiger partial charge in [0.1, 0.15) is 5.69 Å². The summed E-state index contributed by atoms with van der Waals surface area (Å²) in [5.74, 6) is 0.781. The Hall–Kier alpha value is -2.00. The highest BCUT2D eigenvalue weighted by atomic mass is 79.9. The second-order valence-corrected chi connectivity index (χ2v) is 9.53. The third-order valence-corrected chi connectivity index (χ3v) is 7.23. The van der Waals surface area contributed by atoms with E-state index in [9.17, 15) is 8.42 Å². The Labute approximate surface area is 172 Å². The van der Waals surface area contributed by atoms with E-state index >= 15 is 0 Å². The Bertz CT molecular complexity index is 1030. The molecule has 146 valence electrons. The van der Waals surface area contributed by atoms with Crippen LogP contribution in [-0.2, 0) is 16.6 Å². The molecule has 1 aliphatic rings. The van der Waals surface area contributed by atoms with Crippen LogP contribution in [0.5, 0.6) is 0 Å². The maximum atomic E-state index is 12.8. The van der Waals surface area contributed by atoms with Gasteiger partial charge in [0.25, 0.3) is 0 Å². The molecular formula is C20H20BrN3O3S. The van der Waals surface area contributed by atoms with Crippen molar-refractivity contribution < 1.29 is 12.9 Å². The molecule has 0 unspecified atom stereocenters. The Balaban J connectivity index is 1.37. The Morgan fingerprint density at radius 1 is 0.964 bits per heavy atom. The van der Waals surface area contributed by atoms with Crippen LogP contribution in [0.2, 0.25) is 0 Å². The number of piperazine rings is 1. The van der Waals surface area contributed by atoms with Crippen LogP contribution in [-0.4, -0.2) is 49.0 Å². The normalized spacial score (nSPS) is 16.3. The van der Waals surface area contributed by atoms with E-state index in [-0.39, 0.29) is 0 Å². The van der Waals surface area contributed by atoms with Crippen molar-refractivity contribution in [2.75, 3.05) is 26.2 Å². The standard InChI is InChI=1S/C20H20BrN3O3S/c21-17-6-8-19(9-7-17)28(25,26)24-12-10-23(11-13-24)15-18-14-20(22-27-18)16-4-2-1-3-5-16/h1-9,14H,10-13,15H2. The molecule has 0 spiro atoms. The first-order chi connectivity index (χ1) is 13.5. The molecular weight excluding hydrogens is 442 g/mol. The van der Waals surface area contributed by atoms with Crippen LogP contribution in [0.25, 0.3) is 11.3 Å². The summed E-state index contributed by atoms with van der Waals surface area (Å²) in [6.07, 6.45) is 0. The van der Waals surface area contributed by atoms with Crippen molar-refractivity contribution in [3.63, 3.8) is 0 Å². The zero-order valence-corrected chi connectivity index (χ0v) is 17.6. The molecule has 2 heterocycles. The summed E-state index contributed by atoms with van der Waals surface area (Å²) in [6.45, 7) is 2.83. The molecule has 28 heavy (non-hydrogen) atoms. The molecule has 0 atom stereocenters. The molecule has 1 aromatic heterocycles. The Kier molecular flexibility index (Phi) is 5.63. The Morgan fingerprint density at radius 2 is 1.64 bits per heavy atom. The van der Waals surface area contributed by atoms with Crippen LogP contribution in [0.1, 0.15) is 5.76 Å². The second-order valence-electron chi connectivity index (χ2n) is 6.68. The van der Waals surface area contributed by atoms with Gasteiger partial charge in [-0.3, -0.25) is 4.90 Å². The van der Waals surface area contributed by atoms with Gasteiger partial charge in [0.05, 0.1) is 11.4 Å². The fourth-order valence-corrected chi connectivity index (χ4v) is 4.92.